The minimum atomic E-state index is 0.734. The van der Waals surface area contributed by atoms with E-state index < -0.39 is 0 Å². The van der Waals surface area contributed by atoms with Gasteiger partial charge in [-0.25, -0.2) is 0 Å². The summed E-state index contributed by atoms with van der Waals surface area (Å²) >= 11 is 3.54. The van der Waals surface area contributed by atoms with Crippen LogP contribution in [-0.4, -0.2) is 42.0 Å². The van der Waals surface area contributed by atoms with E-state index in [4.69, 9.17) is 0 Å². The monoisotopic (exact) mass is 310 g/mol. The lowest BCUT2D eigenvalue weighted by Crippen LogP contribution is -2.48. The molecule has 3 heteroatoms. The van der Waals surface area contributed by atoms with E-state index in [-0.39, 0.29) is 0 Å². The Hall–Kier alpha value is -0.380. The Morgan fingerprint density at radius 2 is 1.94 bits per heavy atom. The normalized spacial score (nSPS) is 19.9. The summed E-state index contributed by atoms with van der Waals surface area (Å²) in [5.41, 5.74) is 1.40. The second-order valence-corrected chi connectivity index (χ2v) is 6.11. The third kappa shape index (κ3) is 3.81. The molecule has 100 valence electrons. The van der Waals surface area contributed by atoms with E-state index in [1.807, 2.05) is 0 Å². The van der Waals surface area contributed by atoms with Gasteiger partial charge < -0.3 is 0 Å². The first-order valence-electron chi connectivity index (χ1n) is 6.90. The third-order valence-corrected chi connectivity index (χ3v) is 4.41. The van der Waals surface area contributed by atoms with Crippen molar-refractivity contribution in [2.24, 2.45) is 0 Å². The second kappa shape index (κ2) is 6.69. The molecule has 0 amide bonds. The van der Waals surface area contributed by atoms with E-state index in [2.05, 4.69) is 63.8 Å². The van der Waals surface area contributed by atoms with Gasteiger partial charge in [0.15, 0.2) is 0 Å². The van der Waals surface area contributed by atoms with Gasteiger partial charge in [-0.05, 0) is 31.0 Å². The molecule has 0 saturated carbocycles. The molecule has 2 nitrogen and oxygen atoms in total. The van der Waals surface area contributed by atoms with Gasteiger partial charge >= 0.3 is 0 Å². The molecule has 1 unspecified atom stereocenters. The van der Waals surface area contributed by atoms with Crippen LogP contribution in [-0.2, 0) is 6.54 Å². The molecule has 2 rings (SSSR count). The van der Waals surface area contributed by atoms with Gasteiger partial charge in [0.25, 0.3) is 0 Å². The van der Waals surface area contributed by atoms with Gasteiger partial charge in [0.05, 0.1) is 0 Å². The molecule has 1 aromatic carbocycles. The summed E-state index contributed by atoms with van der Waals surface area (Å²) in [6.45, 7) is 10.5. The van der Waals surface area contributed by atoms with E-state index in [9.17, 15) is 0 Å². The molecule has 1 aliphatic heterocycles. The highest BCUT2D eigenvalue weighted by Gasteiger charge is 2.19. The van der Waals surface area contributed by atoms with Crippen LogP contribution in [0, 0.1) is 0 Å². The van der Waals surface area contributed by atoms with Crippen LogP contribution in [0.3, 0.4) is 0 Å². The van der Waals surface area contributed by atoms with E-state index in [1.54, 1.807) is 0 Å². The topological polar surface area (TPSA) is 6.48 Å². The van der Waals surface area contributed by atoms with Gasteiger partial charge in [0.2, 0.25) is 0 Å². The Balaban J connectivity index is 1.83. The fourth-order valence-electron chi connectivity index (χ4n) is 2.51. The van der Waals surface area contributed by atoms with E-state index >= 15 is 0 Å². The summed E-state index contributed by atoms with van der Waals surface area (Å²) in [7, 11) is 0. The standard InChI is InChI=1S/C15H23BrN2/c1-3-13(2)18-9-7-17(8-10-18)12-14-5-4-6-15(16)11-14/h4-6,11,13H,3,7-10,12H2,1-2H3. The van der Waals surface area contributed by atoms with Crippen molar-refractivity contribution in [3.05, 3.63) is 34.3 Å². The zero-order valence-electron chi connectivity index (χ0n) is 11.4. The van der Waals surface area contributed by atoms with Crippen molar-refractivity contribution in [1.82, 2.24) is 9.80 Å². The smallest absolute Gasteiger partial charge is 0.0235 e. The first-order chi connectivity index (χ1) is 8.69. The highest BCUT2D eigenvalue weighted by molar-refractivity contribution is 9.10. The molecular weight excluding hydrogens is 288 g/mol. The predicted octanol–water partition coefficient (Wildman–Crippen LogP) is 3.37. The summed E-state index contributed by atoms with van der Waals surface area (Å²) in [5.74, 6) is 0. The molecule has 1 aromatic rings. The minimum Gasteiger partial charge on any atom is -0.298 e. The third-order valence-electron chi connectivity index (χ3n) is 3.92. The lowest BCUT2D eigenvalue weighted by atomic mass is 10.1. The van der Waals surface area contributed by atoms with E-state index in [0.29, 0.717) is 0 Å². The number of piperazine rings is 1. The molecule has 1 heterocycles. The molecule has 1 atom stereocenters. The van der Waals surface area contributed by atoms with Crippen LogP contribution in [0.5, 0.6) is 0 Å². The molecule has 0 bridgehead atoms. The van der Waals surface area contributed by atoms with Crippen LogP contribution < -0.4 is 0 Å². The summed E-state index contributed by atoms with van der Waals surface area (Å²) in [5, 5.41) is 0. The fraction of sp³-hybridized carbons (Fsp3) is 0.600. The minimum absolute atomic E-state index is 0.734. The first kappa shape index (κ1) is 14.0. The summed E-state index contributed by atoms with van der Waals surface area (Å²) in [4.78, 5) is 5.16. The maximum absolute atomic E-state index is 3.54. The average Bonchev–Trinajstić information content (AvgIpc) is 2.39. The van der Waals surface area contributed by atoms with Gasteiger partial charge in [-0.2, -0.15) is 0 Å². The van der Waals surface area contributed by atoms with Crippen molar-refractivity contribution < 1.29 is 0 Å². The molecule has 0 aromatic heterocycles. The zero-order valence-corrected chi connectivity index (χ0v) is 13.0. The molecule has 0 aliphatic carbocycles. The molecule has 0 radical (unpaired) electrons. The first-order valence-corrected chi connectivity index (χ1v) is 7.69. The lowest BCUT2D eigenvalue weighted by Gasteiger charge is -2.37. The zero-order chi connectivity index (χ0) is 13.0. The van der Waals surface area contributed by atoms with Gasteiger partial charge in [0.1, 0.15) is 0 Å². The summed E-state index contributed by atoms with van der Waals surface area (Å²) < 4.78 is 1.18. The Labute approximate surface area is 119 Å². The molecule has 1 fully saturated rings. The van der Waals surface area contributed by atoms with Crippen molar-refractivity contribution in [1.29, 1.82) is 0 Å². The average molecular weight is 311 g/mol. The van der Waals surface area contributed by atoms with Gasteiger partial charge in [-0.15, -0.1) is 0 Å². The number of hydrogen-bond donors (Lipinski definition) is 0. The molecule has 0 N–H and O–H groups in total. The summed E-state index contributed by atoms with van der Waals surface area (Å²) in [6, 6.07) is 9.38. The SMILES string of the molecule is CCC(C)N1CCN(Cc2cccc(Br)c2)CC1. The van der Waals surface area contributed by atoms with Gasteiger partial charge in [-0.3, -0.25) is 9.80 Å². The Morgan fingerprint density at radius 3 is 2.56 bits per heavy atom. The Kier molecular flexibility index (Phi) is 5.22. The van der Waals surface area contributed by atoms with Crippen molar-refractivity contribution in [2.45, 2.75) is 32.9 Å². The van der Waals surface area contributed by atoms with Crippen LogP contribution in [0.2, 0.25) is 0 Å². The number of nitrogens with zero attached hydrogens (tertiary/aromatic N) is 2. The quantitative estimate of drug-likeness (QED) is 0.841. The fourth-order valence-corrected chi connectivity index (χ4v) is 2.96. The predicted molar refractivity (Wildman–Crippen MR) is 80.7 cm³/mol. The molecule has 1 aliphatic rings. The molecule has 0 spiro atoms. The lowest BCUT2D eigenvalue weighted by molar-refractivity contribution is 0.0963. The van der Waals surface area contributed by atoms with Crippen molar-refractivity contribution in [2.75, 3.05) is 26.2 Å². The van der Waals surface area contributed by atoms with Gasteiger partial charge in [-0.1, -0.05) is 35.0 Å². The van der Waals surface area contributed by atoms with Crippen molar-refractivity contribution in [3.63, 3.8) is 0 Å². The number of halogens is 1. The Morgan fingerprint density at radius 1 is 1.22 bits per heavy atom. The van der Waals surface area contributed by atoms with Crippen LogP contribution in [0.4, 0.5) is 0 Å². The number of hydrogen-bond acceptors (Lipinski definition) is 2. The van der Waals surface area contributed by atoms with Crippen LogP contribution in [0.1, 0.15) is 25.8 Å². The van der Waals surface area contributed by atoms with E-state index in [1.165, 1.54) is 42.6 Å². The number of rotatable bonds is 4. The highest BCUT2D eigenvalue weighted by Crippen LogP contribution is 2.15. The maximum atomic E-state index is 3.54. The summed E-state index contributed by atoms with van der Waals surface area (Å²) in [6.07, 6.45) is 1.26. The van der Waals surface area contributed by atoms with Crippen LogP contribution in [0.25, 0.3) is 0 Å². The molecule has 1 saturated heterocycles. The molecule has 18 heavy (non-hydrogen) atoms. The van der Waals surface area contributed by atoms with Crippen molar-refractivity contribution >= 4 is 15.9 Å². The number of benzene rings is 1. The Bertz CT molecular complexity index is 373. The largest absolute Gasteiger partial charge is 0.298 e. The van der Waals surface area contributed by atoms with E-state index in [0.717, 1.165) is 12.6 Å². The van der Waals surface area contributed by atoms with Crippen LogP contribution in [0.15, 0.2) is 28.7 Å². The highest BCUT2D eigenvalue weighted by atomic mass is 79.9. The maximum Gasteiger partial charge on any atom is 0.0235 e. The second-order valence-electron chi connectivity index (χ2n) is 5.20. The van der Waals surface area contributed by atoms with Gasteiger partial charge in [0, 0.05) is 43.2 Å². The molecular formula is C15H23BrN2. The van der Waals surface area contributed by atoms with Crippen molar-refractivity contribution in [3.8, 4) is 0 Å². The van der Waals surface area contributed by atoms with Crippen LogP contribution >= 0.6 is 15.9 Å².